The molecular weight excluding hydrogens is 304 g/mol. The first kappa shape index (κ1) is 16.3. The van der Waals surface area contributed by atoms with E-state index in [1.807, 2.05) is 36.4 Å². The van der Waals surface area contributed by atoms with Crippen LogP contribution in [0.2, 0.25) is 0 Å². The average Bonchev–Trinajstić information content (AvgIpc) is 2.66. The van der Waals surface area contributed by atoms with Gasteiger partial charge in [-0.05, 0) is 12.1 Å². The number of piperazine rings is 1. The second-order valence-electron chi connectivity index (χ2n) is 5.38. The van der Waals surface area contributed by atoms with E-state index < -0.39 is 0 Å². The zero-order chi connectivity index (χ0) is 16.6. The lowest BCUT2D eigenvalue weighted by atomic mass is 10.2. The number of methoxy groups -OCH3 is 1. The summed E-state index contributed by atoms with van der Waals surface area (Å²) in [5.41, 5.74) is 1.02. The van der Waals surface area contributed by atoms with Crippen LogP contribution < -0.4 is 19.7 Å². The van der Waals surface area contributed by atoms with Gasteiger partial charge in [0.1, 0.15) is 12.4 Å². The molecular formula is C18H22N4O2. The monoisotopic (exact) mass is 326 g/mol. The van der Waals surface area contributed by atoms with Crippen molar-refractivity contribution in [1.82, 2.24) is 15.3 Å². The van der Waals surface area contributed by atoms with Crippen molar-refractivity contribution in [3.8, 4) is 11.6 Å². The Morgan fingerprint density at radius 3 is 2.79 bits per heavy atom. The number of aromatic nitrogens is 2. The van der Waals surface area contributed by atoms with Crippen LogP contribution in [0.4, 0.5) is 5.82 Å². The average molecular weight is 326 g/mol. The molecule has 2 heterocycles. The maximum absolute atomic E-state index is 5.82. The highest BCUT2D eigenvalue weighted by Gasteiger charge is 2.16. The van der Waals surface area contributed by atoms with E-state index in [1.54, 1.807) is 19.5 Å². The summed E-state index contributed by atoms with van der Waals surface area (Å²) in [5.74, 6) is 2.23. The van der Waals surface area contributed by atoms with E-state index in [-0.39, 0.29) is 0 Å². The number of ether oxygens (including phenoxy) is 2. The van der Waals surface area contributed by atoms with Gasteiger partial charge in [-0.3, -0.25) is 0 Å². The van der Waals surface area contributed by atoms with Crippen molar-refractivity contribution in [3.63, 3.8) is 0 Å². The van der Waals surface area contributed by atoms with Crippen LogP contribution in [-0.2, 0) is 0 Å². The molecule has 24 heavy (non-hydrogen) atoms. The van der Waals surface area contributed by atoms with Gasteiger partial charge in [0, 0.05) is 44.1 Å². The van der Waals surface area contributed by atoms with Gasteiger partial charge < -0.3 is 19.7 Å². The number of nitrogens with zero attached hydrogens (tertiary/aromatic N) is 3. The van der Waals surface area contributed by atoms with Gasteiger partial charge in [0.05, 0.1) is 7.11 Å². The predicted octanol–water partition coefficient (Wildman–Crippen LogP) is 1.99. The first-order chi connectivity index (χ1) is 11.9. The SMILES string of the molecule is COc1ccccc1/C=C/COc1nccnc1N1CCNCC1. The van der Waals surface area contributed by atoms with E-state index >= 15 is 0 Å². The molecule has 0 atom stereocenters. The molecule has 6 heteroatoms. The highest BCUT2D eigenvalue weighted by Crippen LogP contribution is 2.23. The minimum absolute atomic E-state index is 0.426. The van der Waals surface area contributed by atoms with Crippen LogP contribution >= 0.6 is 0 Å². The van der Waals surface area contributed by atoms with Gasteiger partial charge in [0.15, 0.2) is 5.82 Å². The Balaban J connectivity index is 1.63. The Bertz CT molecular complexity index is 684. The summed E-state index contributed by atoms with van der Waals surface area (Å²) >= 11 is 0. The van der Waals surface area contributed by atoms with Crippen molar-refractivity contribution < 1.29 is 9.47 Å². The molecule has 0 saturated carbocycles. The molecule has 0 spiro atoms. The third-order valence-corrected chi connectivity index (χ3v) is 3.82. The van der Waals surface area contributed by atoms with Gasteiger partial charge in [0.25, 0.3) is 5.88 Å². The highest BCUT2D eigenvalue weighted by molar-refractivity contribution is 5.57. The standard InChI is InChI=1S/C18H22N4O2/c1-23-16-7-3-2-5-15(16)6-4-14-24-18-17(20-8-9-21-18)22-12-10-19-11-13-22/h2-9,19H,10-14H2,1H3/b6-4+. The number of anilines is 1. The Hall–Kier alpha value is -2.60. The summed E-state index contributed by atoms with van der Waals surface area (Å²) in [5, 5.41) is 3.33. The second kappa shape index (κ2) is 8.31. The van der Waals surface area contributed by atoms with Gasteiger partial charge in [-0.15, -0.1) is 0 Å². The third kappa shape index (κ3) is 4.02. The lowest BCUT2D eigenvalue weighted by Gasteiger charge is -2.28. The Kier molecular flexibility index (Phi) is 5.63. The van der Waals surface area contributed by atoms with Crippen LogP contribution in [0.25, 0.3) is 6.08 Å². The summed E-state index contributed by atoms with van der Waals surface area (Å²) in [6, 6.07) is 7.87. The van der Waals surface area contributed by atoms with Crippen molar-refractivity contribution in [1.29, 1.82) is 0 Å². The summed E-state index contributed by atoms with van der Waals surface area (Å²) < 4.78 is 11.2. The number of para-hydroxylation sites is 1. The van der Waals surface area contributed by atoms with Crippen molar-refractivity contribution >= 4 is 11.9 Å². The predicted molar refractivity (Wildman–Crippen MR) is 94.6 cm³/mol. The Labute approximate surface area is 142 Å². The zero-order valence-electron chi connectivity index (χ0n) is 13.8. The lowest BCUT2D eigenvalue weighted by Crippen LogP contribution is -2.44. The van der Waals surface area contributed by atoms with Gasteiger partial charge in [-0.25, -0.2) is 9.97 Å². The fourth-order valence-electron chi connectivity index (χ4n) is 2.62. The normalized spacial score (nSPS) is 14.8. The first-order valence-electron chi connectivity index (χ1n) is 8.07. The van der Waals surface area contributed by atoms with Crippen molar-refractivity contribution in [3.05, 3.63) is 48.3 Å². The molecule has 3 rings (SSSR count). The molecule has 0 bridgehead atoms. The topological polar surface area (TPSA) is 59.5 Å². The van der Waals surface area contributed by atoms with E-state index in [2.05, 4.69) is 20.2 Å². The van der Waals surface area contributed by atoms with E-state index in [0.717, 1.165) is 43.3 Å². The Morgan fingerprint density at radius 2 is 1.96 bits per heavy atom. The van der Waals surface area contributed by atoms with Crippen molar-refractivity contribution in [2.45, 2.75) is 0 Å². The van der Waals surface area contributed by atoms with E-state index in [1.165, 1.54) is 0 Å². The van der Waals surface area contributed by atoms with Crippen LogP contribution in [0.5, 0.6) is 11.6 Å². The summed E-state index contributed by atoms with van der Waals surface area (Å²) in [4.78, 5) is 11.0. The minimum atomic E-state index is 0.426. The van der Waals surface area contributed by atoms with Crippen LogP contribution in [0, 0.1) is 0 Å². The van der Waals surface area contributed by atoms with Gasteiger partial charge >= 0.3 is 0 Å². The van der Waals surface area contributed by atoms with Crippen LogP contribution in [0.15, 0.2) is 42.7 Å². The molecule has 1 fully saturated rings. The van der Waals surface area contributed by atoms with Crippen LogP contribution in [-0.4, -0.2) is 49.9 Å². The molecule has 0 aliphatic carbocycles. The number of hydrogen-bond acceptors (Lipinski definition) is 6. The quantitative estimate of drug-likeness (QED) is 0.876. The number of rotatable bonds is 6. The maximum atomic E-state index is 5.82. The second-order valence-corrected chi connectivity index (χ2v) is 5.38. The molecule has 1 aromatic heterocycles. The molecule has 1 aliphatic rings. The fraction of sp³-hybridized carbons (Fsp3) is 0.333. The molecule has 0 radical (unpaired) electrons. The van der Waals surface area contributed by atoms with Gasteiger partial charge in [-0.1, -0.05) is 24.3 Å². The highest BCUT2D eigenvalue weighted by atomic mass is 16.5. The van der Waals surface area contributed by atoms with Gasteiger partial charge in [-0.2, -0.15) is 0 Å². The smallest absolute Gasteiger partial charge is 0.257 e. The number of nitrogens with one attached hydrogen (secondary N) is 1. The molecule has 0 amide bonds. The summed E-state index contributed by atoms with van der Waals surface area (Å²) in [7, 11) is 1.67. The largest absolute Gasteiger partial charge is 0.496 e. The third-order valence-electron chi connectivity index (χ3n) is 3.82. The van der Waals surface area contributed by atoms with Gasteiger partial charge in [0.2, 0.25) is 0 Å². The summed E-state index contributed by atoms with van der Waals surface area (Å²) in [6.45, 7) is 4.14. The molecule has 6 nitrogen and oxygen atoms in total. The zero-order valence-corrected chi connectivity index (χ0v) is 13.8. The molecule has 126 valence electrons. The first-order valence-corrected chi connectivity index (χ1v) is 8.07. The number of hydrogen-bond donors (Lipinski definition) is 1. The number of benzene rings is 1. The molecule has 1 N–H and O–H groups in total. The molecule has 1 saturated heterocycles. The van der Waals surface area contributed by atoms with E-state index in [4.69, 9.17) is 9.47 Å². The summed E-state index contributed by atoms with van der Waals surface area (Å²) in [6.07, 6.45) is 7.30. The van der Waals surface area contributed by atoms with Crippen molar-refractivity contribution in [2.24, 2.45) is 0 Å². The molecule has 1 aliphatic heterocycles. The fourth-order valence-corrected chi connectivity index (χ4v) is 2.62. The van der Waals surface area contributed by atoms with E-state index in [0.29, 0.717) is 12.5 Å². The lowest BCUT2D eigenvalue weighted by molar-refractivity contribution is 0.346. The van der Waals surface area contributed by atoms with E-state index in [9.17, 15) is 0 Å². The maximum Gasteiger partial charge on any atom is 0.257 e. The molecule has 0 unspecified atom stereocenters. The molecule has 2 aromatic rings. The molecule has 1 aromatic carbocycles. The Morgan fingerprint density at radius 1 is 1.17 bits per heavy atom. The minimum Gasteiger partial charge on any atom is -0.496 e. The van der Waals surface area contributed by atoms with Crippen LogP contribution in [0.3, 0.4) is 0 Å². The van der Waals surface area contributed by atoms with Crippen molar-refractivity contribution in [2.75, 3.05) is 44.8 Å². The van der Waals surface area contributed by atoms with Crippen LogP contribution in [0.1, 0.15) is 5.56 Å².